The van der Waals surface area contributed by atoms with Crippen LogP contribution in [0, 0.1) is 0 Å². The summed E-state index contributed by atoms with van der Waals surface area (Å²) in [5, 5.41) is 6.32. The van der Waals surface area contributed by atoms with Crippen molar-refractivity contribution in [3.05, 3.63) is 24.3 Å². The van der Waals surface area contributed by atoms with E-state index in [9.17, 15) is 4.79 Å². The summed E-state index contributed by atoms with van der Waals surface area (Å²) in [5.74, 6) is 0. The van der Waals surface area contributed by atoms with E-state index in [4.69, 9.17) is 9.47 Å². The van der Waals surface area contributed by atoms with E-state index in [1.807, 2.05) is 19.0 Å². The van der Waals surface area contributed by atoms with Crippen LogP contribution >= 0.6 is 0 Å². The molecule has 0 aromatic carbocycles. The third-order valence-electron chi connectivity index (χ3n) is 9.17. The number of rotatable bonds is 39. The van der Waals surface area contributed by atoms with Crippen LogP contribution in [0.15, 0.2) is 24.3 Å². The largest absolute Gasteiger partial charge is 0.442 e. The van der Waals surface area contributed by atoms with Crippen LogP contribution in [0.3, 0.4) is 0 Å². The van der Waals surface area contributed by atoms with Gasteiger partial charge >= 0.3 is 6.09 Å². The second-order valence-corrected chi connectivity index (χ2v) is 14.6. The van der Waals surface area contributed by atoms with Crippen LogP contribution in [-0.2, 0) is 9.47 Å². The van der Waals surface area contributed by atoms with Gasteiger partial charge in [0.2, 0.25) is 0 Å². The van der Waals surface area contributed by atoms with Gasteiger partial charge in [0.05, 0.1) is 13.3 Å². The van der Waals surface area contributed by atoms with Gasteiger partial charge < -0.3 is 19.7 Å². The monoisotopic (exact) mass is 692 g/mol. The molecule has 0 bridgehead atoms. The molecule has 0 spiro atoms. The van der Waals surface area contributed by atoms with Gasteiger partial charge in [-0.3, -0.25) is 5.32 Å². The Bertz CT molecular complexity index is 712. The van der Waals surface area contributed by atoms with Gasteiger partial charge in [-0.2, -0.15) is 0 Å². The van der Waals surface area contributed by atoms with Crippen LogP contribution in [0.5, 0.6) is 0 Å². The zero-order chi connectivity index (χ0) is 35.7. The lowest BCUT2D eigenvalue weighted by Crippen LogP contribution is -2.38. The number of carbonyl (C=O) groups is 1. The summed E-state index contributed by atoms with van der Waals surface area (Å²) >= 11 is 0. The lowest BCUT2D eigenvalue weighted by Gasteiger charge is -2.21. The standard InChI is InChI=1S/C43H85N3O3/c1-5-7-9-11-13-15-17-19-21-23-25-27-29-31-33-35-37-44-41-48-40-42(39-46(3)4)49-43(47)45-38-36-34-32-30-28-26-24-22-20-18-16-14-12-10-8-6-2/h19-22,42,44H,5-18,23-41H2,1-4H3,(H,45,47)/b21-19-,22-20-. The van der Waals surface area contributed by atoms with Crippen molar-refractivity contribution in [2.75, 3.05) is 47.1 Å². The van der Waals surface area contributed by atoms with Crippen LogP contribution < -0.4 is 10.6 Å². The van der Waals surface area contributed by atoms with Gasteiger partial charge in [-0.1, -0.05) is 154 Å². The van der Waals surface area contributed by atoms with Gasteiger partial charge in [-0.05, 0) is 84.8 Å². The Kier molecular flexibility index (Phi) is 39.9. The van der Waals surface area contributed by atoms with Gasteiger partial charge in [0.25, 0.3) is 0 Å². The first-order chi connectivity index (χ1) is 24.1. The van der Waals surface area contributed by atoms with Crippen molar-refractivity contribution in [1.29, 1.82) is 0 Å². The van der Waals surface area contributed by atoms with Crippen molar-refractivity contribution < 1.29 is 14.3 Å². The van der Waals surface area contributed by atoms with E-state index in [0.717, 1.165) is 19.4 Å². The molecule has 1 amide bonds. The average molecular weight is 692 g/mol. The average Bonchev–Trinajstić information content (AvgIpc) is 3.08. The molecule has 0 aliphatic heterocycles. The summed E-state index contributed by atoms with van der Waals surface area (Å²) in [6, 6.07) is 0. The van der Waals surface area contributed by atoms with Gasteiger partial charge in [-0.25, -0.2) is 4.79 Å². The number of likely N-dealkylation sites (N-methyl/N-ethyl adjacent to an activating group) is 1. The Balaban J connectivity index is 3.61. The maximum atomic E-state index is 12.4. The molecule has 49 heavy (non-hydrogen) atoms. The number of amides is 1. The smallest absolute Gasteiger partial charge is 0.407 e. The third kappa shape index (κ3) is 40.9. The summed E-state index contributed by atoms with van der Waals surface area (Å²) in [6.07, 6.45) is 45.6. The molecule has 0 rings (SSSR count). The topological polar surface area (TPSA) is 62.8 Å². The normalized spacial score (nSPS) is 12.5. The van der Waals surface area contributed by atoms with Crippen molar-refractivity contribution >= 4 is 6.09 Å². The Morgan fingerprint density at radius 1 is 0.551 bits per heavy atom. The van der Waals surface area contributed by atoms with E-state index in [2.05, 4.69) is 48.8 Å². The number of allylic oxidation sites excluding steroid dienone is 4. The number of nitrogens with one attached hydrogen (secondary N) is 2. The fraction of sp³-hybridized carbons (Fsp3) is 0.884. The molecule has 6 nitrogen and oxygen atoms in total. The fourth-order valence-electron chi connectivity index (χ4n) is 6.12. The molecule has 0 saturated heterocycles. The highest BCUT2D eigenvalue weighted by atomic mass is 16.6. The molecular weight excluding hydrogens is 606 g/mol. The fourth-order valence-corrected chi connectivity index (χ4v) is 6.12. The number of ether oxygens (including phenoxy) is 2. The van der Waals surface area contributed by atoms with E-state index in [1.165, 1.54) is 167 Å². The zero-order valence-corrected chi connectivity index (χ0v) is 33.4. The quantitative estimate of drug-likeness (QED) is 0.0382. The zero-order valence-electron chi connectivity index (χ0n) is 33.4. The van der Waals surface area contributed by atoms with Gasteiger partial charge in [-0.15, -0.1) is 0 Å². The molecule has 290 valence electrons. The van der Waals surface area contributed by atoms with Crippen LogP contribution in [0.2, 0.25) is 0 Å². The number of hydrogen-bond acceptors (Lipinski definition) is 5. The highest BCUT2D eigenvalue weighted by Gasteiger charge is 2.15. The first-order valence-corrected chi connectivity index (χ1v) is 21.3. The summed E-state index contributed by atoms with van der Waals surface area (Å²) < 4.78 is 11.5. The number of hydrogen-bond donors (Lipinski definition) is 2. The minimum absolute atomic E-state index is 0.276. The highest BCUT2D eigenvalue weighted by Crippen LogP contribution is 2.11. The maximum Gasteiger partial charge on any atom is 0.407 e. The molecule has 0 aliphatic rings. The van der Waals surface area contributed by atoms with E-state index < -0.39 is 0 Å². The Labute approximate surface area is 306 Å². The lowest BCUT2D eigenvalue weighted by atomic mass is 10.1. The lowest BCUT2D eigenvalue weighted by molar-refractivity contribution is 0.00371. The van der Waals surface area contributed by atoms with E-state index in [0.29, 0.717) is 26.4 Å². The minimum atomic E-state index is -0.333. The van der Waals surface area contributed by atoms with E-state index in [1.54, 1.807) is 0 Å². The second-order valence-electron chi connectivity index (χ2n) is 14.6. The summed E-state index contributed by atoms with van der Waals surface area (Å²) in [6.45, 7) is 7.75. The molecule has 0 aromatic heterocycles. The van der Waals surface area contributed by atoms with Crippen molar-refractivity contribution in [3.63, 3.8) is 0 Å². The molecule has 0 radical (unpaired) electrons. The van der Waals surface area contributed by atoms with Crippen LogP contribution in [0.25, 0.3) is 0 Å². The van der Waals surface area contributed by atoms with Crippen molar-refractivity contribution in [2.24, 2.45) is 0 Å². The predicted octanol–water partition coefficient (Wildman–Crippen LogP) is 12.3. The third-order valence-corrected chi connectivity index (χ3v) is 9.17. The van der Waals surface area contributed by atoms with E-state index >= 15 is 0 Å². The first kappa shape index (κ1) is 47.6. The molecular formula is C43H85N3O3. The predicted molar refractivity (Wildman–Crippen MR) is 215 cm³/mol. The van der Waals surface area contributed by atoms with Gasteiger partial charge in [0, 0.05) is 13.1 Å². The number of alkyl carbamates (subject to hydrolysis) is 1. The van der Waals surface area contributed by atoms with Crippen molar-refractivity contribution in [3.8, 4) is 0 Å². The molecule has 0 saturated carbocycles. The molecule has 1 unspecified atom stereocenters. The molecule has 0 aromatic rings. The van der Waals surface area contributed by atoms with Crippen molar-refractivity contribution in [1.82, 2.24) is 15.5 Å². The van der Waals surface area contributed by atoms with Gasteiger partial charge in [0.15, 0.2) is 0 Å². The SMILES string of the molecule is CCCCCCCC/C=C\CCCCCCCCNCOCC(CN(C)C)OC(=O)NCCCCCCCC/C=C\CCCCCCCC. The summed E-state index contributed by atoms with van der Waals surface area (Å²) in [4.78, 5) is 14.4. The number of nitrogens with zero attached hydrogens (tertiary/aromatic N) is 1. The second kappa shape index (κ2) is 41.1. The molecule has 2 N–H and O–H groups in total. The molecule has 6 heteroatoms. The number of carbonyl (C=O) groups excluding carboxylic acids is 1. The summed E-state index contributed by atoms with van der Waals surface area (Å²) in [7, 11) is 3.99. The Morgan fingerprint density at radius 3 is 1.37 bits per heavy atom. The first-order valence-electron chi connectivity index (χ1n) is 21.3. The molecule has 0 fully saturated rings. The summed E-state index contributed by atoms with van der Waals surface area (Å²) in [5.41, 5.74) is 0. The van der Waals surface area contributed by atoms with Gasteiger partial charge in [0.1, 0.15) is 6.10 Å². The van der Waals surface area contributed by atoms with E-state index in [-0.39, 0.29) is 12.2 Å². The number of unbranched alkanes of at least 4 members (excludes halogenated alkanes) is 24. The molecule has 0 aliphatic carbocycles. The molecule has 1 atom stereocenters. The highest BCUT2D eigenvalue weighted by molar-refractivity contribution is 5.67. The minimum Gasteiger partial charge on any atom is -0.442 e. The van der Waals surface area contributed by atoms with Crippen LogP contribution in [0.1, 0.15) is 194 Å². The van der Waals surface area contributed by atoms with Crippen molar-refractivity contribution in [2.45, 2.75) is 200 Å². The van der Waals surface area contributed by atoms with Crippen LogP contribution in [-0.4, -0.2) is 64.2 Å². The molecule has 0 heterocycles. The Hall–Kier alpha value is -1.37. The maximum absolute atomic E-state index is 12.4. The van der Waals surface area contributed by atoms with Crippen LogP contribution in [0.4, 0.5) is 4.79 Å². The Morgan fingerprint density at radius 2 is 0.939 bits per heavy atom.